The van der Waals surface area contributed by atoms with Gasteiger partial charge >= 0.3 is 0 Å². The fourth-order valence-electron chi connectivity index (χ4n) is 3.60. The van der Waals surface area contributed by atoms with E-state index in [4.69, 9.17) is 0 Å². The van der Waals surface area contributed by atoms with Gasteiger partial charge in [-0.3, -0.25) is 19.7 Å². The normalized spacial score (nSPS) is 19.4. The maximum Gasteiger partial charge on any atom is 0.255 e. The van der Waals surface area contributed by atoms with Gasteiger partial charge in [-0.1, -0.05) is 41.3 Å². The number of carbonyl (C=O) groups excluding carboxylic acids is 3. The summed E-state index contributed by atoms with van der Waals surface area (Å²) in [6.45, 7) is 0.453. The van der Waals surface area contributed by atoms with Gasteiger partial charge in [0, 0.05) is 28.8 Å². The molecule has 0 radical (unpaired) electrons. The standard InChI is InChI=1S/C20H25BrN2O3S/c21-11-4-2-1-3-5-12-27-17-8-6-7-14-15(17)13-23(20(14)26)16-9-10-18(24)22-19(16)25/h6-8,16H,1-5,9-13H2,(H,22,24,25). The lowest BCUT2D eigenvalue weighted by Crippen LogP contribution is -2.52. The molecular formula is C20H25BrN2O3S. The number of nitrogens with zero attached hydrogens (tertiary/aromatic N) is 1. The molecule has 2 aliphatic rings. The van der Waals surface area contributed by atoms with Gasteiger partial charge in [-0.25, -0.2) is 0 Å². The minimum atomic E-state index is -0.546. The van der Waals surface area contributed by atoms with Crippen LogP contribution < -0.4 is 5.32 Å². The summed E-state index contributed by atoms with van der Waals surface area (Å²) in [7, 11) is 0. The van der Waals surface area contributed by atoms with Crippen LogP contribution in [0.15, 0.2) is 23.1 Å². The number of alkyl halides is 1. The van der Waals surface area contributed by atoms with Gasteiger partial charge in [-0.15, -0.1) is 11.8 Å². The molecule has 3 rings (SSSR count). The van der Waals surface area contributed by atoms with Crippen LogP contribution in [0.25, 0.3) is 0 Å². The predicted molar refractivity (Wildman–Crippen MR) is 110 cm³/mol. The van der Waals surface area contributed by atoms with Gasteiger partial charge in [0.15, 0.2) is 0 Å². The summed E-state index contributed by atoms with van der Waals surface area (Å²) < 4.78 is 0. The van der Waals surface area contributed by atoms with Crippen LogP contribution in [0.4, 0.5) is 0 Å². The first-order valence-electron chi connectivity index (χ1n) is 9.57. The molecule has 0 spiro atoms. The minimum absolute atomic E-state index is 0.100. The van der Waals surface area contributed by atoms with E-state index in [1.54, 1.807) is 16.7 Å². The lowest BCUT2D eigenvalue weighted by Gasteiger charge is -2.29. The van der Waals surface area contributed by atoms with Gasteiger partial charge in [0.1, 0.15) is 6.04 Å². The highest BCUT2D eigenvalue weighted by atomic mass is 79.9. The van der Waals surface area contributed by atoms with Gasteiger partial charge in [0.2, 0.25) is 11.8 Å². The first-order valence-corrected chi connectivity index (χ1v) is 11.7. The van der Waals surface area contributed by atoms with Crippen molar-refractivity contribution in [1.82, 2.24) is 10.2 Å². The summed E-state index contributed by atoms with van der Waals surface area (Å²) in [4.78, 5) is 39.1. The van der Waals surface area contributed by atoms with E-state index in [-0.39, 0.29) is 24.1 Å². The van der Waals surface area contributed by atoms with E-state index in [0.29, 0.717) is 18.5 Å². The van der Waals surface area contributed by atoms with Crippen molar-refractivity contribution in [1.29, 1.82) is 0 Å². The number of rotatable bonds is 9. The quantitative estimate of drug-likeness (QED) is 0.267. The maximum absolute atomic E-state index is 12.8. The van der Waals surface area contributed by atoms with E-state index in [1.165, 1.54) is 32.1 Å². The molecule has 1 unspecified atom stereocenters. The first kappa shape index (κ1) is 20.4. The zero-order valence-corrected chi connectivity index (χ0v) is 17.7. The van der Waals surface area contributed by atoms with Crippen molar-refractivity contribution in [2.45, 2.75) is 62.4 Å². The average molecular weight is 453 g/mol. The topological polar surface area (TPSA) is 66.5 Å². The summed E-state index contributed by atoms with van der Waals surface area (Å²) >= 11 is 5.26. The summed E-state index contributed by atoms with van der Waals surface area (Å²) in [5.41, 5.74) is 1.72. The van der Waals surface area contributed by atoms with Gasteiger partial charge in [0.05, 0.1) is 0 Å². The monoisotopic (exact) mass is 452 g/mol. The van der Waals surface area contributed by atoms with Crippen LogP contribution in [-0.2, 0) is 16.1 Å². The molecule has 1 N–H and O–H groups in total. The Bertz CT molecular complexity index is 725. The van der Waals surface area contributed by atoms with Crippen molar-refractivity contribution in [2.24, 2.45) is 0 Å². The van der Waals surface area contributed by atoms with E-state index in [2.05, 4.69) is 27.3 Å². The zero-order valence-electron chi connectivity index (χ0n) is 15.3. The third-order valence-corrected chi connectivity index (χ3v) is 6.82. The van der Waals surface area contributed by atoms with E-state index >= 15 is 0 Å². The number of halogens is 1. The number of thioether (sulfide) groups is 1. The Balaban J connectivity index is 1.59. The second-order valence-corrected chi connectivity index (χ2v) is 8.92. The number of hydrogen-bond donors (Lipinski definition) is 1. The molecule has 0 bridgehead atoms. The Morgan fingerprint density at radius 1 is 1.11 bits per heavy atom. The molecule has 1 atom stereocenters. The Hall–Kier alpha value is -1.34. The van der Waals surface area contributed by atoms with Crippen molar-refractivity contribution in [2.75, 3.05) is 11.1 Å². The number of unbranched alkanes of at least 4 members (excludes halogenated alkanes) is 4. The molecule has 3 amide bonds. The number of carbonyl (C=O) groups is 3. The minimum Gasteiger partial charge on any atom is -0.322 e. The van der Waals surface area contributed by atoms with Crippen molar-refractivity contribution in [3.05, 3.63) is 29.3 Å². The van der Waals surface area contributed by atoms with Gasteiger partial charge in [0.25, 0.3) is 5.91 Å². The molecule has 1 aromatic rings. The Morgan fingerprint density at radius 3 is 2.67 bits per heavy atom. The molecular weight excluding hydrogens is 428 g/mol. The third-order valence-electron chi connectivity index (χ3n) is 5.07. The zero-order chi connectivity index (χ0) is 19.2. The summed E-state index contributed by atoms with van der Waals surface area (Å²) in [5.74, 6) is 0.326. The van der Waals surface area contributed by atoms with Crippen LogP contribution >= 0.6 is 27.7 Å². The van der Waals surface area contributed by atoms with Crippen LogP contribution in [0, 0.1) is 0 Å². The summed E-state index contributed by atoms with van der Waals surface area (Å²) in [6, 6.07) is 5.28. The predicted octanol–water partition coefficient (Wildman–Crippen LogP) is 3.89. The molecule has 0 aromatic heterocycles. The Kier molecular flexibility index (Phi) is 7.35. The van der Waals surface area contributed by atoms with E-state index < -0.39 is 6.04 Å². The van der Waals surface area contributed by atoms with Crippen LogP contribution in [0.5, 0.6) is 0 Å². The largest absolute Gasteiger partial charge is 0.322 e. The van der Waals surface area contributed by atoms with Crippen LogP contribution in [0.1, 0.15) is 60.9 Å². The summed E-state index contributed by atoms with van der Waals surface area (Å²) in [5, 5.41) is 3.43. The number of amides is 3. The maximum atomic E-state index is 12.8. The fourth-order valence-corrected chi connectivity index (χ4v) is 5.09. The SMILES string of the molecule is O=C1CCC(N2Cc3c(SCCCCCCCBr)cccc3C2=O)C(=O)N1. The van der Waals surface area contributed by atoms with Crippen LogP contribution in [0.3, 0.4) is 0 Å². The van der Waals surface area contributed by atoms with Gasteiger partial charge < -0.3 is 4.90 Å². The van der Waals surface area contributed by atoms with Crippen molar-refractivity contribution in [3.63, 3.8) is 0 Å². The van der Waals surface area contributed by atoms with Gasteiger partial charge in [-0.05, 0) is 42.7 Å². The Morgan fingerprint density at radius 2 is 1.89 bits per heavy atom. The van der Waals surface area contributed by atoms with E-state index in [9.17, 15) is 14.4 Å². The number of hydrogen-bond acceptors (Lipinski definition) is 4. The molecule has 0 aliphatic carbocycles. The van der Waals surface area contributed by atoms with E-state index in [0.717, 1.165) is 21.5 Å². The number of fused-ring (bicyclic) bond motifs is 1. The number of benzene rings is 1. The molecule has 0 saturated carbocycles. The van der Waals surface area contributed by atoms with Crippen LogP contribution in [0.2, 0.25) is 0 Å². The molecule has 1 saturated heterocycles. The number of imide groups is 1. The van der Waals surface area contributed by atoms with Crippen LogP contribution in [-0.4, -0.2) is 39.7 Å². The smallest absolute Gasteiger partial charge is 0.255 e. The second-order valence-electron chi connectivity index (χ2n) is 6.99. The first-order chi connectivity index (χ1) is 13.1. The molecule has 1 fully saturated rings. The summed E-state index contributed by atoms with van der Waals surface area (Å²) in [6.07, 6.45) is 6.86. The molecule has 1 aromatic carbocycles. The van der Waals surface area contributed by atoms with Gasteiger partial charge in [-0.2, -0.15) is 0 Å². The molecule has 146 valence electrons. The third kappa shape index (κ3) is 4.93. The van der Waals surface area contributed by atoms with Crippen molar-refractivity contribution >= 4 is 45.4 Å². The Labute approximate surface area is 172 Å². The molecule has 2 heterocycles. The highest BCUT2D eigenvalue weighted by Crippen LogP contribution is 2.34. The molecule has 27 heavy (non-hydrogen) atoms. The molecule has 7 heteroatoms. The lowest BCUT2D eigenvalue weighted by molar-refractivity contribution is -0.136. The highest BCUT2D eigenvalue weighted by Gasteiger charge is 2.39. The second kappa shape index (κ2) is 9.73. The highest BCUT2D eigenvalue weighted by molar-refractivity contribution is 9.09. The molecule has 2 aliphatic heterocycles. The average Bonchev–Trinajstić information content (AvgIpc) is 2.98. The van der Waals surface area contributed by atoms with E-state index in [1.807, 2.05) is 12.1 Å². The number of nitrogens with one attached hydrogen (secondary N) is 1. The lowest BCUT2D eigenvalue weighted by atomic mass is 10.0. The number of piperidine rings is 1. The fraction of sp³-hybridized carbons (Fsp3) is 0.550. The molecule has 5 nitrogen and oxygen atoms in total. The van der Waals surface area contributed by atoms with Crippen molar-refractivity contribution in [3.8, 4) is 0 Å². The van der Waals surface area contributed by atoms with Crippen molar-refractivity contribution < 1.29 is 14.4 Å².